The summed E-state index contributed by atoms with van der Waals surface area (Å²) in [5, 5.41) is 8.13. The Balaban J connectivity index is 0.804. The molecule has 2 aliphatic heterocycles. The summed E-state index contributed by atoms with van der Waals surface area (Å²) in [4.78, 5) is 97.1. The maximum atomic E-state index is 15.5. The number of fused-ring (bicyclic) bond motifs is 2. The summed E-state index contributed by atoms with van der Waals surface area (Å²) in [5.74, 6) is -6.99. The molecule has 20 heteroatoms. The van der Waals surface area contributed by atoms with Crippen LogP contribution >= 0.6 is 0 Å². The van der Waals surface area contributed by atoms with Gasteiger partial charge in [-0.05, 0) is 73.7 Å². The number of carbonyl (C=O) groups excluding carboxylic acids is 7. The number of nitrogens with zero attached hydrogens (tertiary/aromatic N) is 2. The van der Waals surface area contributed by atoms with Gasteiger partial charge in [-0.2, -0.15) is 0 Å². The summed E-state index contributed by atoms with van der Waals surface area (Å²) < 4.78 is 62.6. The van der Waals surface area contributed by atoms with Gasteiger partial charge in [0.25, 0.3) is 23.6 Å². The highest BCUT2D eigenvalue weighted by atomic mass is 32.2. The van der Waals surface area contributed by atoms with Crippen molar-refractivity contribution in [2.24, 2.45) is 0 Å². The molecule has 0 aliphatic carbocycles. The zero-order valence-corrected chi connectivity index (χ0v) is 37.2. The molecule has 4 heterocycles. The normalized spacial score (nSPS) is 14.8. The average Bonchev–Trinajstić information content (AvgIpc) is 3.84. The van der Waals surface area contributed by atoms with E-state index in [4.69, 9.17) is 4.74 Å². The number of unbranched alkanes of at least 4 members (excludes halogenated alkanes) is 5. The van der Waals surface area contributed by atoms with Gasteiger partial charge in [0, 0.05) is 54.0 Å². The van der Waals surface area contributed by atoms with E-state index in [2.05, 4.69) is 30.6 Å². The monoisotopic (exact) mass is 939 g/mol. The molecule has 3 aromatic carbocycles. The second-order valence-corrected chi connectivity index (χ2v) is 17.9. The Morgan fingerprint density at radius 3 is 2.31 bits per heavy atom. The first-order chi connectivity index (χ1) is 32.2. The lowest BCUT2D eigenvalue weighted by atomic mass is 9.99. The first-order valence-corrected chi connectivity index (χ1v) is 23.5. The third kappa shape index (κ3) is 10.9. The van der Waals surface area contributed by atoms with Crippen molar-refractivity contribution < 1.29 is 55.5 Å². The van der Waals surface area contributed by atoms with Gasteiger partial charge in [0.15, 0.2) is 12.4 Å². The van der Waals surface area contributed by atoms with E-state index in [0.717, 1.165) is 55.6 Å². The number of halogens is 2. The fourth-order valence-corrected chi connectivity index (χ4v) is 9.04. The number of sulfonamides is 1. The van der Waals surface area contributed by atoms with E-state index in [0.29, 0.717) is 29.8 Å². The number of piperidine rings is 1. The van der Waals surface area contributed by atoms with Crippen LogP contribution in [0.4, 0.5) is 14.5 Å². The minimum Gasteiger partial charge on any atom is -0.483 e. The number of ketones is 1. The van der Waals surface area contributed by atoms with Gasteiger partial charge < -0.3 is 20.4 Å². The fourth-order valence-electron chi connectivity index (χ4n) is 7.91. The van der Waals surface area contributed by atoms with Crippen molar-refractivity contribution in [3.05, 3.63) is 113 Å². The number of aromatic nitrogens is 2. The lowest BCUT2D eigenvalue weighted by molar-refractivity contribution is -0.136. The molecule has 17 nitrogen and oxygen atoms in total. The highest BCUT2D eigenvalue weighted by molar-refractivity contribution is 7.92. The molecule has 1 saturated heterocycles. The number of benzene rings is 3. The Bertz CT molecular complexity index is 2890. The van der Waals surface area contributed by atoms with E-state index in [1.165, 1.54) is 24.4 Å². The number of aromatic amines is 1. The molecule has 2 aliphatic rings. The first-order valence-electron chi connectivity index (χ1n) is 21.8. The van der Waals surface area contributed by atoms with Crippen molar-refractivity contribution in [3.63, 3.8) is 0 Å². The van der Waals surface area contributed by atoms with Crippen LogP contribution in [0.5, 0.6) is 5.75 Å². The molecule has 1 unspecified atom stereocenters. The molecular weight excluding hydrogens is 893 g/mol. The molecule has 1 atom stereocenters. The molecule has 5 N–H and O–H groups in total. The van der Waals surface area contributed by atoms with Gasteiger partial charge >= 0.3 is 0 Å². The van der Waals surface area contributed by atoms with Gasteiger partial charge in [-0.25, -0.2) is 22.2 Å². The van der Waals surface area contributed by atoms with Crippen LogP contribution < -0.4 is 25.4 Å². The van der Waals surface area contributed by atoms with Gasteiger partial charge in [0.2, 0.25) is 27.6 Å². The lowest BCUT2D eigenvalue weighted by Gasteiger charge is -2.27. The van der Waals surface area contributed by atoms with Crippen LogP contribution in [0.25, 0.3) is 22.2 Å². The van der Waals surface area contributed by atoms with Crippen LogP contribution in [0, 0.1) is 11.6 Å². The van der Waals surface area contributed by atoms with Crippen molar-refractivity contribution in [2.45, 2.75) is 70.8 Å². The van der Waals surface area contributed by atoms with Crippen LogP contribution in [0.1, 0.15) is 112 Å². The Morgan fingerprint density at radius 1 is 0.881 bits per heavy atom. The summed E-state index contributed by atoms with van der Waals surface area (Å²) in [6, 6.07) is 13.4. The van der Waals surface area contributed by atoms with E-state index in [1.807, 2.05) is 0 Å². The highest BCUT2D eigenvalue weighted by Crippen LogP contribution is 2.34. The Kier molecular flexibility index (Phi) is 14.8. The fraction of sp³-hybridized carbons (Fsp3) is 0.319. The summed E-state index contributed by atoms with van der Waals surface area (Å²) in [7, 11) is -3.92. The number of carbonyl (C=O) groups is 7. The van der Waals surface area contributed by atoms with Crippen molar-refractivity contribution in [1.82, 2.24) is 30.8 Å². The van der Waals surface area contributed by atoms with Gasteiger partial charge in [0.05, 0.1) is 28.1 Å². The van der Waals surface area contributed by atoms with E-state index >= 15 is 4.39 Å². The first kappa shape index (κ1) is 47.6. The number of rotatable bonds is 21. The number of pyridine rings is 1. The van der Waals surface area contributed by atoms with Crippen LogP contribution in [-0.4, -0.2) is 96.0 Å². The van der Waals surface area contributed by atoms with Crippen LogP contribution in [0.3, 0.4) is 0 Å². The number of hydrogen-bond donors (Lipinski definition) is 5. The minimum absolute atomic E-state index is 0.00395. The minimum atomic E-state index is -3.92. The molecule has 350 valence electrons. The Labute approximate surface area is 383 Å². The number of imide groups is 2. The topological polar surface area (TPSA) is 243 Å². The zero-order valence-electron chi connectivity index (χ0n) is 36.3. The van der Waals surface area contributed by atoms with Crippen LogP contribution in [-0.2, 0) is 24.4 Å². The Morgan fingerprint density at radius 2 is 1.60 bits per heavy atom. The maximum Gasteiger partial charge on any atom is 0.266 e. The molecule has 67 heavy (non-hydrogen) atoms. The maximum absolute atomic E-state index is 15.5. The average molecular weight is 940 g/mol. The predicted octanol–water partition coefficient (Wildman–Crippen LogP) is 5.56. The Hall–Kier alpha value is -7.35. The van der Waals surface area contributed by atoms with Crippen molar-refractivity contribution >= 4 is 68.0 Å². The standard InChI is InChI=1S/C47H47F2N7O10S/c1-2-22-67(64,65)55-34-17-16-33(48)40(41(34)49)42(59)32-25-53-43-31(32)23-29(24-52-43)27-12-14-28(15-13-27)44(60)51-21-8-6-4-3-5-7-20-50-38(58)26-66-36-11-9-10-30-39(36)47(63)56(46(30)62)35-18-19-37(57)54-45(35)61/h9-17,23-25,35,55H,2-8,18-22,26H2,1H3,(H,50,58)(H,51,60)(H,52,53)(H,54,57,61). The summed E-state index contributed by atoms with van der Waals surface area (Å²) in [6.45, 7) is 2.12. The number of nitrogens with one attached hydrogen (secondary N) is 5. The van der Waals surface area contributed by atoms with Gasteiger partial charge in [-0.1, -0.05) is 50.8 Å². The summed E-state index contributed by atoms with van der Waals surface area (Å²) in [6.07, 6.45) is 8.18. The molecule has 1 fully saturated rings. The smallest absolute Gasteiger partial charge is 0.266 e. The molecule has 2 aromatic heterocycles. The molecule has 0 saturated carbocycles. The molecule has 7 rings (SSSR count). The molecule has 0 radical (unpaired) electrons. The number of amides is 6. The largest absolute Gasteiger partial charge is 0.483 e. The van der Waals surface area contributed by atoms with Crippen LogP contribution in [0.2, 0.25) is 0 Å². The van der Waals surface area contributed by atoms with E-state index in [9.17, 15) is 46.4 Å². The molecule has 0 bridgehead atoms. The van der Waals surface area contributed by atoms with E-state index in [-0.39, 0.29) is 71.0 Å². The van der Waals surface area contributed by atoms with Crippen molar-refractivity contribution in [1.29, 1.82) is 0 Å². The molecule has 0 spiro atoms. The number of anilines is 1. The quantitative estimate of drug-likeness (QED) is 0.0347. The predicted molar refractivity (Wildman–Crippen MR) is 241 cm³/mol. The lowest BCUT2D eigenvalue weighted by Crippen LogP contribution is -2.54. The van der Waals surface area contributed by atoms with Crippen LogP contribution in [0.15, 0.2) is 73.1 Å². The number of hydrogen-bond acceptors (Lipinski definition) is 11. The zero-order chi connectivity index (χ0) is 47.8. The van der Waals surface area contributed by atoms with Gasteiger partial charge in [-0.3, -0.25) is 48.5 Å². The highest BCUT2D eigenvalue weighted by Gasteiger charge is 2.46. The molecule has 6 amide bonds. The van der Waals surface area contributed by atoms with E-state index < -0.39 is 74.3 Å². The van der Waals surface area contributed by atoms with Crippen molar-refractivity contribution in [3.8, 4) is 16.9 Å². The number of H-pyrrole nitrogens is 1. The second-order valence-electron chi connectivity index (χ2n) is 16.1. The molecule has 5 aromatic rings. The third-order valence-corrected chi connectivity index (χ3v) is 12.8. The van der Waals surface area contributed by atoms with Gasteiger partial charge in [-0.15, -0.1) is 0 Å². The van der Waals surface area contributed by atoms with Gasteiger partial charge in [0.1, 0.15) is 23.3 Å². The third-order valence-electron chi connectivity index (χ3n) is 11.3. The second kappa shape index (κ2) is 20.9. The molecular formula is C47H47F2N7O10S. The number of ether oxygens (including phenoxy) is 1. The SMILES string of the molecule is CCCS(=O)(=O)Nc1ccc(F)c(C(=O)c2c[nH]c3ncc(-c4ccc(C(=O)NCCCCCCCCNC(=O)COc5cccc6c5C(=O)N(C5CCC(=O)NC5=O)C6=O)cc4)cc23)c1F. The van der Waals surface area contributed by atoms with Crippen molar-refractivity contribution in [2.75, 3.05) is 30.2 Å². The summed E-state index contributed by atoms with van der Waals surface area (Å²) in [5.41, 5.74) is 0.440. The van der Waals surface area contributed by atoms with E-state index in [1.54, 1.807) is 43.5 Å². The summed E-state index contributed by atoms with van der Waals surface area (Å²) >= 11 is 0.